The van der Waals surface area contributed by atoms with E-state index in [4.69, 9.17) is 9.47 Å². The SMILES string of the molecule is COc1cc([C@H]2CC(=O)Nc3c2ncn3-c2cc(F)cc(F)c2)cc(OC)c1O. The molecule has 0 bridgehead atoms. The highest BCUT2D eigenvalue weighted by molar-refractivity contribution is 5.94. The molecule has 0 radical (unpaired) electrons. The Bertz CT molecular complexity index is 1070. The molecule has 0 saturated carbocycles. The Hall–Kier alpha value is -3.62. The number of benzene rings is 2. The molecule has 1 aromatic heterocycles. The van der Waals surface area contributed by atoms with E-state index in [0.29, 0.717) is 17.1 Å². The number of halogens is 2. The summed E-state index contributed by atoms with van der Waals surface area (Å²) in [6.07, 6.45) is 1.49. The summed E-state index contributed by atoms with van der Waals surface area (Å²) in [7, 11) is 2.81. The van der Waals surface area contributed by atoms with Crippen molar-refractivity contribution >= 4 is 11.7 Å². The number of aromatic hydroxyl groups is 1. The normalized spacial score (nSPS) is 15.6. The van der Waals surface area contributed by atoms with E-state index in [1.165, 1.54) is 25.1 Å². The summed E-state index contributed by atoms with van der Waals surface area (Å²) in [4.78, 5) is 16.8. The van der Waals surface area contributed by atoms with Crippen LogP contribution in [0.3, 0.4) is 0 Å². The number of phenolic OH excluding ortho intramolecular Hbond substituents is 1. The number of hydrogen-bond donors (Lipinski definition) is 2. The fraction of sp³-hybridized carbons (Fsp3) is 0.200. The molecule has 1 aliphatic heterocycles. The molecule has 4 rings (SSSR count). The number of hydrogen-bond acceptors (Lipinski definition) is 5. The molecule has 0 saturated heterocycles. The van der Waals surface area contributed by atoms with Gasteiger partial charge in [0.05, 0.1) is 25.6 Å². The number of carbonyl (C=O) groups is 1. The van der Waals surface area contributed by atoms with Gasteiger partial charge < -0.3 is 19.9 Å². The second-order valence-corrected chi connectivity index (χ2v) is 6.55. The van der Waals surface area contributed by atoms with Crippen LogP contribution in [0.5, 0.6) is 17.2 Å². The van der Waals surface area contributed by atoms with Crippen molar-refractivity contribution < 1.29 is 28.2 Å². The van der Waals surface area contributed by atoms with Gasteiger partial charge in [-0.2, -0.15) is 0 Å². The maximum atomic E-state index is 13.7. The lowest BCUT2D eigenvalue weighted by Gasteiger charge is -2.24. The first-order valence-electron chi connectivity index (χ1n) is 8.69. The summed E-state index contributed by atoms with van der Waals surface area (Å²) in [6.45, 7) is 0. The third-order valence-electron chi connectivity index (χ3n) is 4.80. The fourth-order valence-electron chi connectivity index (χ4n) is 3.47. The topological polar surface area (TPSA) is 85.6 Å². The van der Waals surface area contributed by atoms with Crippen LogP contribution in [0.25, 0.3) is 5.69 Å². The summed E-state index contributed by atoms with van der Waals surface area (Å²) in [6, 6.07) is 6.27. The highest BCUT2D eigenvalue weighted by atomic mass is 19.1. The van der Waals surface area contributed by atoms with E-state index in [9.17, 15) is 18.7 Å². The van der Waals surface area contributed by atoms with Gasteiger partial charge in [-0.1, -0.05) is 0 Å². The van der Waals surface area contributed by atoms with E-state index in [2.05, 4.69) is 10.3 Å². The van der Waals surface area contributed by atoms with Crippen molar-refractivity contribution in [3.8, 4) is 22.9 Å². The third kappa shape index (κ3) is 3.24. The molecule has 2 aromatic carbocycles. The lowest BCUT2D eigenvalue weighted by molar-refractivity contribution is -0.116. The molecule has 0 fully saturated rings. The number of fused-ring (bicyclic) bond motifs is 1. The zero-order valence-corrected chi connectivity index (χ0v) is 15.6. The zero-order valence-electron chi connectivity index (χ0n) is 15.6. The fourth-order valence-corrected chi connectivity index (χ4v) is 3.47. The zero-order chi connectivity index (χ0) is 20.7. The Labute approximate surface area is 164 Å². The second kappa shape index (κ2) is 7.08. The maximum absolute atomic E-state index is 13.7. The van der Waals surface area contributed by atoms with E-state index in [-0.39, 0.29) is 35.3 Å². The van der Waals surface area contributed by atoms with E-state index in [0.717, 1.165) is 18.2 Å². The molecule has 3 aromatic rings. The van der Waals surface area contributed by atoms with Crippen LogP contribution in [-0.4, -0.2) is 34.8 Å². The summed E-state index contributed by atoms with van der Waals surface area (Å²) in [5.74, 6) is -1.68. The average molecular weight is 401 g/mol. The van der Waals surface area contributed by atoms with E-state index in [1.807, 2.05) is 0 Å². The van der Waals surface area contributed by atoms with E-state index < -0.39 is 17.6 Å². The van der Waals surface area contributed by atoms with Crippen LogP contribution in [0, 0.1) is 11.6 Å². The van der Waals surface area contributed by atoms with Gasteiger partial charge in [-0.05, 0) is 29.8 Å². The number of rotatable bonds is 4. The summed E-state index contributed by atoms with van der Waals surface area (Å²) in [5.41, 5.74) is 1.35. The molecule has 9 heteroatoms. The highest BCUT2D eigenvalue weighted by Gasteiger charge is 2.32. The predicted molar refractivity (Wildman–Crippen MR) is 99.8 cm³/mol. The van der Waals surface area contributed by atoms with Gasteiger partial charge in [-0.15, -0.1) is 0 Å². The lowest BCUT2D eigenvalue weighted by Crippen LogP contribution is -2.25. The van der Waals surface area contributed by atoms with Crippen LogP contribution in [0.4, 0.5) is 14.6 Å². The molecule has 1 aliphatic rings. The van der Waals surface area contributed by atoms with Gasteiger partial charge in [0.25, 0.3) is 0 Å². The van der Waals surface area contributed by atoms with Crippen LogP contribution in [0.1, 0.15) is 23.6 Å². The average Bonchev–Trinajstić information content (AvgIpc) is 3.10. The lowest BCUT2D eigenvalue weighted by atomic mass is 9.89. The van der Waals surface area contributed by atoms with Crippen molar-refractivity contribution in [3.05, 3.63) is 59.6 Å². The van der Waals surface area contributed by atoms with Gasteiger partial charge in [0.15, 0.2) is 11.5 Å². The summed E-state index contributed by atoms with van der Waals surface area (Å²) >= 11 is 0. The number of amides is 1. The van der Waals surface area contributed by atoms with Gasteiger partial charge in [0, 0.05) is 18.4 Å². The van der Waals surface area contributed by atoms with E-state index in [1.54, 1.807) is 12.1 Å². The van der Waals surface area contributed by atoms with Crippen LogP contribution < -0.4 is 14.8 Å². The first-order valence-corrected chi connectivity index (χ1v) is 8.69. The van der Waals surface area contributed by atoms with E-state index >= 15 is 0 Å². The number of carbonyl (C=O) groups excluding carboxylic acids is 1. The molecular weight excluding hydrogens is 384 g/mol. The van der Waals surface area contributed by atoms with Crippen molar-refractivity contribution in [2.75, 3.05) is 19.5 Å². The van der Waals surface area contributed by atoms with Crippen molar-refractivity contribution in [3.63, 3.8) is 0 Å². The Morgan fingerprint density at radius 2 is 1.72 bits per heavy atom. The molecule has 0 unspecified atom stereocenters. The molecule has 7 nitrogen and oxygen atoms in total. The number of aromatic nitrogens is 2. The van der Waals surface area contributed by atoms with Gasteiger partial charge in [-0.25, -0.2) is 13.8 Å². The smallest absolute Gasteiger partial charge is 0.226 e. The molecule has 1 atom stereocenters. The first kappa shape index (κ1) is 18.7. The Balaban J connectivity index is 1.85. The van der Waals surface area contributed by atoms with Crippen LogP contribution in [-0.2, 0) is 4.79 Å². The Kier molecular flexibility index (Phi) is 4.57. The third-order valence-corrected chi connectivity index (χ3v) is 4.80. The van der Waals surface area contributed by atoms with Gasteiger partial charge in [0.1, 0.15) is 23.8 Å². The number of anilines is 1. The van der Waals surface area contributed by atoms with Crippen molar-refractivity contribution in [2.24, 2.45) is 0 Å². The standard InChI is InChI=1S/C20H17F2N3O4/c1-28-15-3-10(4-16(29-2)19(15)27)14-8-17(26)24-20-18(14)23-9-25(20)13-6-11(21)5-12(22)7-13/h3-7,9,14,27H,8H2,1-2H3,(H,24,26)/t14-/m1/s1. The quantitative estimate of drug-likeness (QED) is 0.700. The maximum Gasteiger partial charge on any atom is 0.226 e. The Morgan fingerprint density at radius 1 is 1.10 bits per heavy atom. The minimum atomic E-state index is -0.742. The number of imidazole rings is 1. The van der Waals surface area contributed by atoms with Gasteiger partial charge in [-0.3, -0.25) is 9.36 Å². The van der Waals surface area contributed by atoms with Crippen molar-refractivity contribution in [1.29, 1.82) is 0 Å². The number of ether oxygens (including phenoxy) is 2. The monoisotopic (exact) mass is 401 g/mol. The summed E-state index contributed by atoms with van der Waals surface area (Å²) in [5, 5.41) is 12.9. The molecule has 0 aliphatic carbocycles. The Morgan fingerprint density at radius 3 is 2.31 bits per heavy atom. The van der Waals surface area contributed by atoms with Gasteiger partial charge >= 0.3 is 0 Å². The molecular formula is C20H17F2N3O4. The largest absolute Gasteiger partial charge is 0.502 e. The molecule has 1 amide bonds. The molecule has 0 spiro atoms. The number of nitrogens with zero attached hydrogens (tertiary/aromatic N) is 2. The van der Waals surface area contributed by atoms with Gasteiger partial charge in [0.2, 0.25) is 11.7 Å². The number of nitrogens with one attached hydrogen (secondary N) is 1. The minimum Gasteiger partial charge on any atom is -0.502 e. The molecule has 2 heterocycles. The summed E-state index contributed by atoms with van der Waals surface area (Å²) < 4.78 is 39.1. The van der Waals surface area contributed by atoms with Crippen LogP contribution in [0.2, 0.25) is 0 Å². The van der Waals surface area contributed by atoms with Crippen LogP contribution in [0.15, 0.2) is 36.7 Å². The number of phenols is 1. The number of methoxy groups -OCH3 is 2. The first-order chi connectivity index (χ1) is 13.9. The van der Waals surface area contributed by atoms with Crippen LogP contribution >= 0.6 is 0 Å². The van der Waals surface area contributed by atoms with Crippen molar-refractivity contribution in [2.45, 2.75) is 12.3 Å². The molecule has 29 heavy (non-hydrogen) atoms. The second-order valence-electron chi connectivity index (χ2n) is 6.55. The molecule has 150 valence electrons. The minimum absolute atomic E-state index is 0.0958. The molecule has 2 N–H and O–H groups in total. The highest BCUT2D eigenvalue weighted by Crippen LogP contribution is 2.44. The predicted octanol–water partition coefficient (Wildman–Crippen LogP) is 3.35. The van der Waals surface area contributed by atoms with Crippen molar-refractivity contribution in [1.82, 2.24) is 9.55 Å².